The summed E-state index contributed by atoms with van der Waals surface area (Å²) in [5.41, 5.74) is -1.45. The Balaban J connectivity index is 2.23. The van der Waals surface area contributed by atoms with E-state index in [1.807, 2.05) is 0 Å². The summed E-state index contributed by atoms with van der Waals surface area (Å²) in [6, 6.07) is 3.25. The van der Waals surface area contributed by atoms with E-state index in [1.54, 1.807) is 20.8 Å². The number of para-hydroxylation sites is 1. The van der Waals surface area contributed by atoms with E-state index in [0.29, 0.717) is 4.31 Å². The Bertz CT molecular complexity index is 908. The maximum absolute atomic E-state index is 13.0. The average molecular weight is 430 g/mol. The lowest BCUT2D eigenvalue weighted by molar-refractivity contribution is -0.387. The molecular weight excluding hydrogens is 408 g/mol. The first kappa shape index (κ1) is 22.7. The molecule has 1 N–H and O–H groups in total. The number of hydrogen-bond acceptors (Lipinski definition) is 9. The molecule has 2 atom stereocenters. The molecule has 0 amide bonds. The van der Waals surface area contributed by atoms with Crippen LogP contribution in [0.3, 0.4) is 0 Å². The third kappa shape index (κ3) is 5.49. The number of hydrogen-bond donors (Lipinski definition) is 1. The van der Waals surface area contributed by atoms with E-state index in [1.165, 1.54) is 12.1 Å². The number of β-amino-alcohol motifs (C(OH)–C–C–N with tert-alkyl or cyclic N) is 1. The number of ether oxygens (including phenoxy) is 2. The second kappa shape index (κ2) is 8.43. The molecule has 0 aliphatic carbocycles. The van der Waals surface area contributed by atoms with E-state index in [0.717, 1.165) is 12.1 Å². The molecule has 1 aliphatic heterocycles. The van der Waals surface area contributed by atoms with Gasteiger partial charge in [0.05, 0.1) is 11.0 Å². The van der Waals surface area contributed by atoms with Crippen molar-refractivity contribution in [2.75, 3.05) is 13.2 Å². The van der Waals surface area contributed by atoms with Gasteiger partial charge in [-0.1, -0.05) is 12.1 Å². The minimum Gasteiger partial charge on any atom is -0.457 e. The number of rotatable bonds is 6. The lowest BCUT2D eigenvalue weighted by Crippen LogP contribution is -2.42. The Labute approximate surface area is 167 Å². The van der Waals surface area contributed by atoms with E-state index in [2.05, 4.69) is 0 Å². The molecule has 0 spiro atoms. The van der Waals surface area contributed by atoms with Crippen molar-refractivity contribution in [1.82, 2.24) is 4.31 Å². The van der Waals surface area contributed by atoms with Gasteiger partial charge in [-0.2, -0.15) is 4.31 Å². The van der Waals surface area contributed by atoms with Gasteiger partial charge in [-0.3, -0.25) is 14.9 Å². The average Bonchev–Trinajstić information content (AvgIpc) is 3.01. The van der Waals surface area contributed by atoms with Gasteiger partial charge in [0.15, 0.2) is 11.5 Å². The number of aliphatic hydroxyl groups excluding tert-OH is 1. The molecule has 2 rings (SSSR count). The number of nitro groups is 1. The van der Waals surface area contributed by atoms with Crippen LogP contribution in [0, 0.1) is 10.1 Å². The largest absolute Gasteiger partial charge is 0.457 e. The third-order valence-corrected chi connectivity index (χ3v) is 5.83. The number of nitrogens with zero attached hydrogens (tertiary/aromatic N) is 2. The van der Waals surface area contributed by atoms with Gasteiger partial charge in [-0.15, -0.1) is 0 Å². The number of benzene rings is 1. The topological polar surface area (TPSA) is 153 Å². The molecule has 0 aromatic heterocycles. The fourth-order valence-corrected chi connectivity index (χ4v) is 4.60. The van der Waals surface area contributed by atoms with Crippen molar-refractivity contribution in [3.63, 3.8) is 0 Å². The van der Waals surface area contributed by atoms with Crippen LogP contribution < -0.4 is 0 Å². The molecule has 1 aliphatic rings. The zero-order chi connectivity index (χ0) is 22.0. The first-order chi connectivity index (χ1) is 13.3. The lowest BCUT2D eigenvalue weighted by Gasteiger charge is -2.23. The summed E-state index contributed by atoms with van der Waals surface area (Å²) < 4.78 is 36.4. The summed E-state index contributed by atoms with van der Waals surface area (Å²) >= 11 is 0. The van der Waals surface area contributed by atoms with Crippen molar-refractivity contribution < 1.29 is 37.5 Å². The Hall–Kier alpha value is -2.57. The van der Waals surface area contributed by atoms with Gasteiger partial charge in [0.2, 0.25) is 0 Å². The molecule has 0 bridgehead atoms. The summed E-state index contributed by atoms with van der Waals surface area (Å²) in [5, 5.41) is 21.1. The Morgan fingerprint density at radius 3 is 2.52 bits per heavy atom. The molecule has 1 heterocycles. The molecule has 1 aromatic carbocycles. The molecule has 1 fully saturated rings. The first-order valence-electron chi connectivity index (χ1n) is 8.65. The van der Waals surface area contributed by atoms with Crippen LogP contribution in [0.15, 0.2) is 29.2 Å². The molecule has 0 unspecified atom stereocenters. The Morgan fingerprint density at radius 1 is 1.31 bits per heavy atom. The van der Waals surface area contributed by atoms with Crippen LogP contribution in [0.2, 0.25) is 0 Å². The summed E-state index contributed by atoms with van der Waals surface area (Å²) in [6.07, 6.45) is -1.45. The second-order valence-corrected chi connectivity index (χ2v) is 9.26. The smallest absolute Gasteiger partial charge is 0.344 e. The van der Waals surface area contributed by atoms with Crippen LogP contribution >= 0.6 is 0 Å². The number of aliphatic hydroxyl groups is 1. The zero-order valence-corrected chi connectivity index (χ0v) is 16.9. The molecule has 12 heteroatoms. The minimum absolute atomic E-state index is 0.271. The van der Waals surface area contributed by atoms with Gasteiger partial charge < -0.3 is 14.6 Å². The monoisotopic (exact) mass is 430 g/mol. The van der Waals surface area contributed by atoms with Crippen molar-refractivity contribution in [3.8, 4) is 0 Å². The van der Waals surface area contributed by atoms with Crippen LogP contribution in [0.5, 0.6) is 0 Å². The highest BCUT2D eigenvalue weighted by Crippen LogP contribution is 2.31. The van der Waals surface area contributed by atoms with Gasteiger partial charge in [-0.25, -0.2) is 13.2 Å². The van der Waals surface area contributed by atoms with Crippen LogP contribution in [-0.2, 0) is 29.1 Å². The predicted octanol–water partition coefficient (Wildman–Crippen LogP) is 0.604. The molecule has 0 radical (unpaired) electrons. The quantitative estimate of drug-likeness (QED) is 0.388. The van der Waals surface area contributed by atoms with Crippen LogP contribution in [0.4, 0.5) is 5.69 Å². The highest BCUT2D eigenvalue weighted by atomic mass is 32.2. The van der Waals surface area contributed by atoms with Gasteiger partial charge in [0.1, 0.15) is 11.6 Å². The molecule has 29 heavy (non-hydrogen) atoms. The third-order valence-electron chi connectivity index (χ3n) is 3.91. The highest BCUT2D eigenvalue weighted by molar-refractivity contribution is 7.89. The van der Waals surface area contributed by atoms with Gasteiger partial charge in [0.25, 0.3) is 15.7 Å². The molecular formula is C17H22N2O9S. The van der Waals surface area contributed by atoms with Crippen molar-refractivity contribution in [1.29, 1.82) is 0 Å². The molecule has 1 aromatic rings. The number of carbonyl (C=O) groups excluding carboxylic acids is 2. The van der Waals surface area contributed by atoms with Crippen LogP contribution in [-0.4, -0.2) is 65.6 Å². The van der Waals surface area contributed by atoms with E-state index in [9.17, 15) is 33.2 Å². The summed E-state index contributed by atoms with van der Waals surface area (Å²) in [4.78, 5) is 33.8. The van der Waals surface area contributed by atoms with E-state index >= 15 is 0 Å². The molecule has 0 saturated carbocycles. The van der Waals surface area contributed by atoms with Gasteiger partial charge in [0, 0.05) is 19.0 Å². The molecule has 1 saturated heterocycles. The van der Waals surface area contributed by atoms with E-state index < -0.39 is 68.4 Å². The highest BCUT2D eigenvalue weighted by Gasteiger charge is 2.46. The first-order valence-corrected chi connectivity index (χ1v) is 10.1. The van der Waals surface area contributed by atoms with E-state index in [4.69, 9.17) is 9.47 Å². The fraction of sp³-hybridized carbons (Fsp3) is 0.529. The summed E-state index contributed by atoms with van der Waals surface area (Å²) in [6.45, 7) is 3.70. The van der Waals surface area contributed by atoms with Crippen LogP contribution in [0.25, 0.3) is 0 Å². The Morgan fingerprint density at radius 2 is 1.93 bits per heavy atom. The number of nitro benzene ring substituents is 1. The summed E-state index contributed by atoms with van der Waals surface area (Å²) in [7, 11) is -4.49. The number of esters is 2. The molecule has 160 valence electrons. The van der Waals surface area contributed by atoms with E-state index in [-0.39, 0.29) is 6.42 Å². The number of carbonyl (C=O) groups is 2. The predicted molar refractivity (Wildman–Crippen MR) is 98.2 cm³/mol. The van der Waals surface area contributed by atoms with Gasteiger partial charge in [-0.05, 0) is 26.8 Å². The second-order valence-electron chi connectivity index (χ2n) is 7.40. The van der Waals surface area contributed by atoms with Crippen molar-refractivity contribution in [3.05, 3.63) is 34.4 Å². The minimum atomic E-state index is -4.49. The van der Waals surface area contributed by atoms with Crippen molar-refractivity contribution in [2.24, 2.45) is 0 Å². The lowest BCUT2D eigenvalue weighted by atomic mass is 10.2. The standard InChI is InChI=1S/C17H22N2O9S/c1-17(2,3)28-15(21)10-27-16(22)13-8-11(20)9-18(13)29(25,26)14-7-5-4-6-12(14)19(23)24/h4-7,11,13,20H,8-10H2,1-3H3/t11-,13+/m1/s1. The van der Waals surface area contributed by atoms with Gasteiger partial charge >= 0.3 is 11.9 Å². The maximum atomic E-state index is 13.0. The number of sulfonamides is 1. The fourth-order valence-electron chi connectivity index (χ4n) is 2.81. The molecule has 11 nitrogen and oxygen atoms in total. The van der Waals surface area contributed by atoms with Crippen LogP contribution in [0.1, 0.15) is 27.2 Å². The summed E-state index contributed by atoms with van der Waals surface area (Å²) in [5.74, 6) is -1.88. The zero-order valence-electron chi connectivity index (χ0n) is 16.1. The SMILES string of the molecule is CC(C)(C)OC(=O)COC(=O)[C@@H]1C[C@@H](O)CN1S(=O)(=O)c1ccccc1[N+](=O)[O-]. The Kier molecular flexibility index (Phi) is 6.60. The normalized spacial score (nSPS) is 20.3. The maximum Gasteiger partial charge on any atom is 0.344 e. The van der Waals surface area contributed by atoms with Crippen molar-refractivity contribution >= 4 is 27.6 Å². The van der Waals surface area contributed by atoms with Crippen molar-refractivity contribution in [2.45, 2.75) is 49.8 Å².